The van der Waals surface area contributed by atoms with Crippen LogP contribution in [0.4, 0.5) is 0 Å². The first-order valence-electron chi connectivity index (χ1n) is 4.69. The fourth-order valence-electron chi connectivity index (χ4n) is 1.29. The summed E-state index contributed by atoms with van der Waals surface area (Å²) in [5, 5.41) is 9.11. The van der Waals surface area contributed by atoms with Gasteiger partial charge in [-0.1, -0.05) is 42.5 Å². The lowest BCUT2D eigenvalue weighted by atomic mass is 9.80. The van der Waals surface area contributed by atoms with Crippen LogP contribution in [0, 0.1) is 16.7 Å². The van der Waals surface area contributed by atoms with Crippen LogP contribution >= 0.6 is 0 Å². The van der Waals surface area contributed by atoms with E-state index in [1.54, 1.807) is 0 Å². The highest BCUT2D eigenvalue weighted by atomic mass is 14.4. The second-order valence-electron chi connectivity index (χ2n) is 3.89. The highest BCUT2D eigenvalue weighted by Crippen LogP contribution is 2.28. The number of hydrogen-bond donors (Lipinski definition) is 0. The van der Waals surface area contributed by atoms with Gasteiger partial charge < -0.3 is 0 Å². The van der Waals surface area contributed by atoms with Crippen molar-refractivity contribution in [2.45, 2.75) is 20.3 Å². The van der Waals surface area contributed by atoms with Crippen LogP contribution in [-0.4, -0.2) is 0 Å². The summed E-state index contributed by atoms with van der Waals surface area (Å²) < 4.78 is 0. The van der Waals surface area contributed by atoms with Crippen LogP contribution in [0.15, 0.2) is 42.5 Å². The van der Waals surface area contributed by atoms with Gasteiger partial charge in [0.1, 0.15) is 0 Å². The summed E-state index contributed by atoms with van der Waals surface area (Å²) >= 11 is 0. The molecule has 1 atom stereocenters. The second kappa shape index (κ2) is 4.11. The van der Waals surface area contributed by atoms with Gasteiger partial charge in [0.2, 0.25) is 0 Å². The van der Waals surface area contributed by atoms with Crippen molar-refractivity contribution < 1.29 is 0 Å². The van der Waals surface area contributed by atoms with Gasteiger partial charge in [-0.3, -0.25) is 0 Å². The average molecular weight is 185 g/mol. The van der Waals surface area contributed by atoms with Crippen molar-refractivity contribution in [1.82, 2.24) is 0 Å². The molecule has 14 heavy (non-hydrogen) atoms. The van der Waals surface area contributed by atoms with Gasteiger partial charge in [-0.25, -0.2) is 0 Å². The molecule has 0 bridgehead atoms. The molecule has 0 aliphatic carbocycles. The monoisotopic (exact) mass is 185 g/mol. The molecule has 0 aliphatic rings. The van der Waals surface area contributed by atoms with E-state index in [-0.39, 0.29) is 0 Å². The number of allylic oxidation sites excluding steroid dienone is 1. The van der Waals surface area contributed by atoms with Crippen LogP contribution in [0.3, 0.4) is 0 Å². The molecular weight excluding hydrogens is 170 g/mol. The van der Waals surface area contributed by atoms with Gasteiger partial charge in [0.25, 0.3) is 0 Å². The minimum atomic E-state index is -0.443. The molecule has 1 aromatic carbocycles. The molecule has 0 heterocycles. The lowest BCUT2D eigenvalue weighted by molar-refractivity contribution is 0.528. The Morgan fingerprint density at radius 3 is 2.43 bits per heavy atom. The van der Waals surface area contributed by atoms with E-state index < -0.39 is 5.41 Å². The summed E-state index contributed by atoms with van der Waals surface area (Å²) in [4.78, 5) is 0. The Kier molecular flexibility index (Phi) is 3.09. The third kappa shape index (κ3) is 2.23. The molecule has 0 fully saturated rings. The summed E-state index contributed by atoms with van der Waals surface area (Å²) in [6.07, 6.45) is 0.736. The quantitative estimate of drug-likeness (QED) is 0.662. The fraction of sp³-hybridized carbons (Fsp3) is 0.308. The van der Waals surface area contributed by atoms with E-state index in [0.29, 0.717) is 0 Å². The van der Waals surface area contributed by atoms with Crippen LogP contribution in [0.1, 0.15) is 19.4 Å². The number of nitriles is 1. The van der Waals surface area contributed by atoms with Crippen LogP contribution in [0.25, 0.3) is 0 Å². The molecule has 0 amide bonds. The molecule has 1 nitrogen and oxygen atoms in total. The van der Waals surface area contributed by atoms with E-state index >= 15 is 0 Å². The van der Waals surface area contributed by atoms with E-state index in [0.717, 1.165) is 12.0 Å². The smallest absolute Gasteiger partial charge is 0.0789 e. The standard InChI is InChI=1S/C13H15N/c1-11(2)13(3,10-14)9-12-7-5-4-6-8-12/h4-8H,1,9H2,2-3H3/t13-/m1/s1. The molecule has 72 valence electrons. The van der Waals surface area contributed by atoms with E-state index in [2.05, 4.69) is 12.6 Å². The van der Waals surface area contributed by atoms with E-state index in [1.807, 2.05) is 44.2 Å². The predicted molar refractivity (Wildman–Crippen MR) is 58.7 cm³/mol. The summed E-state index contributed by atoms with van der Waals surface area (Å²) in [6, 6.07) is 12.4. The van der Waals surface area contributed by atoms with E-state index in [4.69, 9.17) is 5.26 Å². The molecule has 0 spiro atoms. The maximum absolute atomic E-state index is 9.11. The molecule has 1 rings (SSSR count). The molecule has 0 N–H and O–H groups in total. The first kappa shape index (κ1) is 10.5. The molecule has 0 saturated carbocycles. The highest BCUT2D eigenvalue weighted by Gasteiger charge is 2.24. The molecule has 1 aromatic rings. The van der Waals surface area contributed by atoms with Gasteiger partial charge >= 0.3 is 0 Å². The maximum Gasteiger partial charge on any atom is 0.0789 e. The van der Waals surface area contributed by atoms with Gasteiger partial charge in [0, 0.05) is 0 Å². The van der Waals surface area contributed by atoms with Crippen molar-refractivity contribution in [3.05, 3.63) is 48.0 Å². The van der Waals surface area contributed by atoms with Crippen molar-refractivity contribution in [3.63, 3.8) is 0 Å². The summed E-state index contributed by atoms with van der Waals surface area (Å²) in [5.74, 6) is 0. The third-order valence-electron chi connectivity index (χ3n) is 2.59. The summed E-state index contributed by atoms with van der Waals surface area (Å²) in [5.41, 5.74) is 1.66. The number of rotatable bonds is 3. The van der Waals surface area contributed by atoms with Gasteiger partial charge in [0.15, 0.2) is 0 Å². The molecule has 0 radical (unpaired) electrons. The third-order valence-corrected chi connectivity index (χ3v) is 2.59. The van der Waals surface area contributed by atoms with Crippen molar-refractivity contribution >= 4 is 0 Å². The Morgan fingerprint density at radius 2 is 2.00 bits per heavy atom. The number of benzene rings is 1. The van der Waals surface area contributed by atoms with Crippen molar-refractivity contribution in [1.29, 1.82) is 5.26 Å². The molecule has 1 heteroatoms. The Bertz CT molecular complexity index is 359. The van der Waals surface area contributed by atoms with E-state index in [1.165, 1.54) is 5.56 Å². The van der Waals surface area contributed by atoms with Gasteiger partial charge in [-0.2, -0.15) is 5.26 Å². The molecular formula is C13H15N. The van der Waals surface area contributed by atoms with Gasteiger partial charge in [-0.15, -0.1) is 0 Å². The fourth-order valence-corrected chi connectivity index (χ4v) is 1.29. The van der Waals surface area contributed by atoms with Crippen LogP contribution in [0.5, 0.6) is 0 Å². The Labute approximate surface area is 85.7 Å². The summed E-state index contributed by atoms with van der Waals surface area (Å²) in [7, 11) is 0. The van der Waals surface area contributed by atoms with Gasteiger partial charge in [-0.05, 0) is 25.8 Å². The number of hydrogen-bond acceptors (Lipinski definition) is 1. The largest absolute Gasteiger partial charge is 0.197 e. The Morgan fingerprint density at radius 1 is 1.43 bits per heavy atom. The Hall–Kier alpha value is -1.55. The predicted octanol–water partition coefficient (Wildman–Crippen LogP) is 3.34. The normalized spacial score (nSPS) is 14.1. The summed E-state index contributed by atoms with van der Waals surface area (Å²) in [6.45, 7) is 7.71. The van der Waals surface area contributed by atoms with Crippen LogP contribution in [0.2, 0.25) is 0 Å². The van der Waals surface area contributed by atoms with Crippen molar-refractivity contribution in [2.24, 2.45) is 5.41 Å². The van der Waals surface area contributed by atoms with Crippen LogP contribution in [-0.2, 0) is 6.42 Å². The first-order chi connectivity index (χ1) is 6.58. The Balaban J connectivity index is 2.88. The van der Waals surface area contributed by atoms with Crippen LogP contribution < -0.4 is 0 Å². The van der Waals surface area contributed by atoms with Crippen molar-refractivity contribution in [2.75, 3.05) is 0 Å². The highest BCUT2D eigenvalue weighted by molar-refractivity contribution is 5.25. The topological polar surface area (TPSA) is 23.8 Å². The zero-order chi connectivity index (χ0) is 10.6. The SMILES string of the molecule is C=C(C)[C@@](C)(C#N)Cc1ccccc1. The average Bonchev–Trinajstić information content (AvgIpc) is 2.19. The number of nitrogens with zero attached hydrogens (tertiary/aromatic N) is 1. The lowest BCUT2D eigenvalue weighted by Crippen LogP contribution is -2.18. The molecule has 0 unspecified atom stereocenters. The molecule has 0 aliphatic heterocycles. The maximum atomic E-state index is 9.11. The lowest BCUT2D eigenvalue weighted by Gasteiger charge is -2.21. The first-order valence-corrected chi connectivity index (χ1v) is 4.69. The molecule has 0 aromatic heterocycles. The minimum absolute atomic E-state index is 0.443. The van der Waals surface area contributed by atoms with Gasteiger partial charge in [0.05, 0.1) is 11.5 Å². The second-order valence-corrected chi connectivity index (χ2v) is 3.89. The molecule has 0 saturated heterocycles. The zero-order valence-electron chi connectivity index (χ0n) is 8.75. The van der Waals surface area contributed by atoms with E-state index in [9.17, 15) is 0 Å². The zero-order valence-corrected chi connectivity index (χ0v) is 8.75. The van der Waals surface area contributed by atoms with Crippen molar-refractivity contribution in [3.8, 4) is 6.07 Å². The minimum Gasteiger partial charge on any atom is -0.197 e.